The number of hydrogen-bond donors (Lipinski definition) is 1. The summed E-state index contributed by atoms with van der Waals surface area (Å²) in [6.45, 7) is 3.79. The van der Waals surface area contributed by atoms with Crippen LogP contribution >= 0.6 is 0 Å². The number of rotatable bonds is 2. The van der Waals surface area contributed by atoms with E-state index in [0.29, 0.717) is 5.25 Å². The van der Waals surface area contributed by atoms with E-state index in [2.05, 4.69) is 5.32 Å². The third kappa shape index (κ3) is 1.67. The van der Waals surface area contributed by atoms with Crippen LogP contribution in [0, 0.1) is 6.92 Å². The van der Waals surface area contributed by atoms with Crippen LogP contribution in [0.25, 0.3) is 0 Å². The zero-order valence-electron chi connectivity index (χ0n) is 7.62. The molecule has 70 valence electrons. The Bertz CT molecular complexity index is 333. The fourth-order valence-corrected chi connectivity index (χ4v) is 2.87. The van der Waals surface area contributed by atoms with Crippen LogP contribution in [-0.4, -0.2) is 22.5 Å². The van der Waals surface area contributed by atoms with E-state index in [4.69, 9.17) is 0 Å². The van der Waals surface area contributed by atoms with Gasteiger partial charge in [0.25, 0.3) is 0 Å². The quantitative estimate of drug-likeness (QED) is 0.765. The predicted octanol–water partition coefficient (Wildman–Crippen LogP) is 1.07. The van der Waals surface area contributed by atoms with Crippen molar-refractivity contribution in [1.29, 1.82) is 0 Å². The first kappa shape index (κ1) is 8.91. The lowest BCUT2D eigenvalue weighted by molar-refractivity contribution is 0.526. The highest BCUT2D eigenvalue weighted by molar-refractivity contribution is 7.85. The highest BCUT2D eigenvalue weighted by Gasteiger charge is 2.25. The Hall–Kier alpha value is -0.670. The summed E-state index contributed by atoms with van der Waals surface area (Å²) in [5, 5.41) is 3.46. The zero-order valence-corrected chi connectivity index (χ0v) is 8.43. The van der Waals surface area contributed by atoms with E-state index in [1.165, 1.54) is 0 Å². The fourth-order valence-electron chi connectivity index (χ4n) is 1.38. The Morgan fingerprint density at radius 3 is 2.62 bits per heavy atom. The largest absolute Gasteiger partial charge is 0.314 e. The maximum atomic E-state index is 11.9. The molecule has 0 radical (unpaired) electrons. The lowest BCUT2D eigenvalue weighted by Crippen LogP contribution is -2.49. The first-order chi connectivity index (χ1) is 6.29. The van der Waals surface area contributed by atoms with Crippen molar-refractivity contribution in [3.63, 3.8) is 0 Å². The Kier molecular flexibility index (Phi) is 2.47. The summed E-state index contributed by atoms with van der Waals surface area (Å²) >= 11 is 0. The molecule has 1 unspecified atom stereocenters. The predicted molar refractivity (Wildman–Crippen MR) is 54.2 cm³/mol. The van der Waals surface area contributed by atoms with Gasteiger partial charge in [-0.1, -0.05) is 18.2 Å². The molecule has 0 aromatic heterocycles. The van der Waals surface area contributed by atoms with Crippen molar-refractivity contribution in [2.45, 2.75) is 17.1 Å². The highest BCUT2D eigenvalue weighted by Crippen LogP contribution is 2.17. The lowest BCUT2D eigenvalue weighted by Gasteiger charge is -2.26. The van der Waals surface area contributed by atoms with Crippen LogP contribution in [0.15, 0.2) is 29.2 Å². The molecule has 1 aromatic rings. The van der Waals surface area contributed by atoms with E-state index >= 15 is 0 Å². The minimum Gasteiger partial charge on any atom is -0.314 e. The first-order valence-corrected chi connectivity index (χ1v) is 5.67. The third-order valence-corrected chi connectivity index (χ3v) is 4.19. The van der Waals surface area contributed by atoms with Gasteiger partial charge in [-0.15, -0.1) is 0 Å². The second kappa shape index (κ2) is 3.60. The van der Waals surface area contributed by atoms with Gasteiger partial charge < -0.3 is 5.32 Å². The third-order valence-electron chi connectivity index (χ3n) is 2.36. The summed E-state index contributed by atoms with van der Waals surface area (Å²) in [6, 6.07) is 7.91. The minimum absolute atomic E-state index is 0.320. The monoisotopic (exact) mass is 195 g/mol. The van der Waals surface area contributed by atoms with Gasteiger partial charge in [0, 0.05) is 18.0 Å². The summed E-state index contributed by atoms with van der Waals surface area (Å²) in [4.78, 5) is 0.994. The molecule has 0 spiro atoms. The van der Waals surface area contributed by atoms with Gasteiger partial charge in [0.2, 0.25) is 0 Å². The van der Waals surface area contributed by atoms with Crippen LogP contribution < -0.4 is 5.32 Å². The second-order valence-electron chi connectivity index (χ2n) is 3.34. The molecular weight excluding hydrogens is 182 g/mol. The Labute approximate surface area is 80.8 Å². The molecule has 1 aromatic carbocycles. The van der Waals surface area contributed by atoms with Crippen molar-refractivity contribution in [1.82, 2.24) is 5.32 Å². The van der Waals surface area contributed by atoms with Gasteiger partial charge in [-0.3, -0.25) is 4.21 Å². The van der Waals surface area contributed by atoms with Crippen LogP contribution in [0.1, 0.15) is 5.56 Å². The molecule has 1 atom stereocenters. The molecule has 1 N–H and O–H groups in total. The lowest BCUT2D eigenvalue weighted by atomic mass is 10.2. The summed E-state index contributed by atoms with van der Waals surface area (Å²) < 4.78 is 11.9. The molecule has 1 fully saturated rings. The Balaban J connectivity index is 2.24. The van der Waals surface area contributed by atoms with Gasteiger partial charge in [-0.25, -0.2) is 0 Å². The minimum atomic E-state index is -0.815. The number of hydrogen-bond acceptors (Lipinski definition) is 2. The average molecular weight is 195 g/mol. The van der Waals surface area contributed by atoms with Gasteiger partial charge in [-0.05, 0) is 18.6 Å². The van der Waals surface area contributed by atoms with Crippen LogP contribution in [0.2, 0.25) is 0 Å². The second-order valence-corrected chi connectivity index (χ2v) is 5.04. The molecule has 0 aliphatic carbocycles. The van der Waals surface area contributed by atoms with Gasteiger partial charge in [0.1, 0.15) is 0 Å². The molecule has 1 aliphatic rings. The highest BCUT2D eigenvalue weighted by atomic mass is 32.2. The summed E-state index contributed by atoms with van der Waals surface area (Å²) in [7, 11) is -0.815. The Morgan fingerprint density at radius 1 is 1.38 bits per heavy atom. The topological polar surface area (TPSA) is 29.1 Å². The number of aryl methyl sites for hydroxylation is 1. The maximum absolute atomic E-state index is 11.9. The van der Waals surface area contributed by atoms with Crippen molar-refractivity contribution in [3.05, 3.63) is 29.8 Å². The molecule has 1 heterocycles. The van der Waals surface area contributed by atoms with E-state index in [0.717, 1.165) is 23.5 Å². The SMILES string of the molecule is Cc1ccccc1S(=O)C1CNC1. The average Bonchev–Trinajstić information content (AvgIpc) is 2.01. The van der Waals surface area contributed by atoms with Crippen molar-refractivity contribution in [2.24, 2.45) is 0 Å². The smallest absolute Gasteiger partial charge is 0.0643 e. The molecule has 1 aliphatic heterocycles. The fraction of sp³-hybridized carbons (Fsp3) is 0.400. The molecule has 0 bridgehead atoms. The molecule has 2 rings (SSSR count). The molecule has 0 amide bonds. The molecule has 1 saturated heterocycles. The van der Waals surface area contributed by atoms with Crippen molar-refractivity contribution in [2.75, 3.05) is 13.1 Å². The molecular formula is C10H13NOS. The summed E-state index contributed by atoms with van der Waals surface area (Å²) in [5.41, 5.74) is 1.13. The summed E-state index contributed by atoms with van der Waals surface area (Å²) in [5.74, 6) is 0. The van der Waals surface area contributed by atoms with Crippen molar-refractivity contribution < 1.29 is 4.21 Å². The molecule has 13 heavy (non-hydrogen) atoms. The first-order valence-electron chi connectivity index (χ1n) is 4.46. The number of benzene rings is 1. The van der Waals surface area contributed by atoms with Crippen molar-refractivity contribution in [3.8, 4) is 0 Å². The van der Waals surface area contributed by atoms with Crippen molar-refractivity contribution >= 4 is 10.8 Å². The molecule has 2 nitrogen and oxygen atoms in total. The van der Waals surface area contributed by atoms with E-state index in [1.807, 2.05) is 31.2 Å². The van der Waals surface area contributed by atoms with Crippen LogP contribution in [0.3, 0.4) is 0 Å². The van der Waals surface area contributed by atoms with Crippen LogP contribution in [-0.2, 0) is 10.8 Å². The molecule has 3 heteroatoms. The molecule has 0 saturated carbocycles. The van der Waals surface area contributed by atoms with Crippen LogP contribution in [0.4, 0.5) is 0 Å². The van der Waals surface area contributed by atoms with Gasteiger partial charge in [0.15, 0.2) is 0 Å². The zero-order chi connectivity index (χ0) is 9.26. The standard InChI is InChI=1S/C10H13NOS/c1-8-4-2-3-5-10(8)13(12)9-6-11-7-9/h2-5,9,11H,6-7H2,1H3. The van der Waals surface area contributed by atoms with E-state index in [9.17, 15) is 4.21 Å². The van der Waals surface area contributed by atoms with Gasteiger partial charge >= 0.3 is 0 Å². The van der Waals surface area contributed by atoms with E-state index in [1.54, 1.807) is 0 Å². The van der Waals surface area contributed by atoms with E-state index in [-0.39, 0.29) is 0 Å². The van der Waals surface area contributed by atoms with Gasteiger partial charge in [-0.2, -0.15) is 0 Å². The van der Waals surface area contributed by atoms with Gasteiger partial charge in [0.05, 0.1) is 16.0 Å². The normalized spacial score (nSPS) is 19.5. The summed E-state index contributed by atoms with van der Waals surface area (Å²) in [6.07, 6.45) is 0. The maximum Gasteiger partial charge on any atom is 0.0643 e. The Morgan fingerprint density at radius 2 is 2.08 bits per heavy atom. The van der Waals surface area contributed by atoms with E-state index < -0.39 is 10.8 Å². The number of nitrogens with one attached hydrogen (secondary N) is 1. The van der Waals surface area contributed by atoms with Crippen LogP contribution in [0.5, 0.6) is 0 Å².